The Kier molecular flexibility index (Phi) is 4.05. The Bertz CT molecular complexity index is 474. The third-order valence-corrected chi connectivity index (χ3v) is 5.00. The minimum absolute atomic E-state index is 0.0844. The van der Waals surface area contributed by atoms with E-state index < -0.39 is 0 Å². The average molecular weight is 292 g/mol. The number of thiophene rings is 1. The fourth-order valence-electron chi connectivity index (χ4n) is 2.61. The molecule has 0 atom stereocenters. The highest BCUT2D eigenvalue weighted by atomic mass is 32.1. The number of piperidine rings is 1. The first kappa shape index (κ1) is 13.6. The van der Waals surface area contributed by atoms with E-state index in [4.69, 9.17) is 0 Å². The molecule has 0 unspecified atom stereocenters. The molecule has 0 radical (unpaired) electrons. The van der Waals surface area contributed by atoms with E-state index in [2.05, 4.69) is 5.32 Å². The minimum atomic E-state index is 0.0844. The molecule has 1 aromatic rings. The molecule has 0 bridgehead atoms. The third-order valence-electron chi connectivity index (χ3n) is 4.15. The van der Waals surface area contributed by atoms with E-state index in [9.17, 15) is 9.59 Å². The SMILES string of the molecule is O=C(NCC1CC1)C1CCN(C(=O)c2cccs2)CC1. The van der Waals surface area contributed by atoms with Crippen LogP contribution in [-0.4, -0.2) is 36.3 Å². The maximum atomic E-state index is 12.2. The van der Waals surface area contributed by atoms with Crippen LogP contribution in [0.3, 0.4) is 0 Å². The summed E-state index contributed by atoms with van der Waals surface area (Å²) in [5.41, 5.74) is 0. The Morgan fingerprint density at radius 2 is 2.00 bits per heavy atom. The molecule has 20 heavy (non-hydrogen) atoms. The number of nitrogens with one attached hydrogen (secondary N) is 1. The van der Waals surface area contributed by atoms with Gasteiger partial charge in [-0.2, -0.15) is 0 Å². The summed E-state index contributed by atoms with van der Waals surface area (Å²) in [6.45, 7) is 2.23. The number of amides is 2. The lowest BCUT2D eigenvalue weighted by molar-refractivity contribution is -0.126. The lowest BCUT2D eigenvalue weighted by Crippen LogP contribution is -2.43. The smallest absolute Gasteiger partial charge is 0.263 e. The molecule has 3 rings (SSSR count). The normalized spacial score (nSPS) is 19.9. The van der Waals surface area contributed by atoms with Gasteiger partial charge in [0.25, 0.3) is 5.91 Å². The molecule has 1 saturated heterocycles. The molecular weight excluding hydrogens is 272 g/mol. The van der Waals surface area contributed by atoms with Crippen molar-refractivity contribution >= 4 is 23.2 Å². The molecule has 2 fully saturated rings. The largest absolute Gasteiger partial charge is 0.356 e. The van der Waals surface area contributed by atoms with Crippen molar-refractivity contribution < 1.29 is 9.59 Å². The van der Waals surface area contributed by atoms with Crippen molar-refractivity contribution in [1.82, 2.24) is 10.2 Å². The quantitative estimate of drug-likeness (QED) is 0.924. The van der Waals surface area contributed by atoms with Crippen LogP contribution in [0.5, 0.6) is 0 Å². The number of likely N-dealkylation sites (tertiary alicyclic amines) is 1. The summed E-state index contributed by atoms with van der Waals surface area (Å²) < 4.78 is 0. The molecule has 2 aliphatic rings. The fraction of sp³-hybridized carbons (Fsp3) is 0.600. The highest BCUT2D eigenvalue weighted by Gasteiger charge is 2.29. The van der Waals surface area contributed by atoms with Gasteiger partial charge in [-0.1, -0.05) is 6.07 Å². The molecule has 108 valence electrons. The molecule has 1 aromatic heterocycles. The van der Waals surface area contributed by atoms with Crippen molar-refractivity contribution in [3.05, 3.63) is 22.4 Å². The van der Waals surface area contributed by atoms with Gasteiger partial charge in [-0.15, -0.1) is 11.3 Å². The number of hydrogen-bond acceptors (Lipinski definition) is 3. The van der Waals surface area contributed by atoms with Crippen molar-refractivity contribution in [2.24, 2.45) is 11.8 Å². The monoisotopic (exact) mass is 292 g/mol. The van der Waals surface area contributed by atoms with Crippen molar-refractivity contribution in [2.75, 3.05) is 19.6 Å². The molecular formula is C15H20N2O2S. The van der Waals surface area contributed by atoms with Crippen LogP contribution in [0, 0.1) is 11.8 Å². The first-order valence-electron chi connectivity index (χ1n) is 7.34. The number of carbonyl (C=O) groups excluding carboxylic acids is 2. The van der Waals surface area contributed by atoms with E-state index in [1.165, 1.54) is 24.2 Å². The summed E-state index contributed by atoms with van der Waals surface area (Å²) in [7, 11) is 0. The zero-order valence-electron chi connectivity index (χ0n) is 11.5. The van der Waals surface area contributed by atoms with Crippen LogP contribution in [0.15, 0.2) is 17.5 Å². The Morgan fingerprint density at radius 3 is 2.60 bits per heavy atom. The van der Waals surface area contributed by atoms with Gasteiger partial charge in [0.15, 0.2) is 0 Å². The van der Waals surface area contributed by atoms with Crippen LogP contribution in [0.25, 0.3) is 0 Å². The van der Waals surface area contributed by atoms with Gasteiger partial charge in [-0.05, 0) is 43.0 Å². The van der Waals surface area contributed by atoms with Crippen LogP contribution in [0.1, 0.15) is 35.4 Å². The molecule has 2 amide bonds. The molecule has 1 aliphatic heterocycles. The van der Waals surface area contributed by atoms with Gasteiger partial charge in [0.05, 0.1) is 4.88 Å². The van der Waals surface area contributed by atoms with E-state index in [0.29, 0.717) is 13.1 Å². The van der Waals surface area contributed by atoms with Gasteiger partial charge < -0.3 is 10.2 Å². The van der Waals surface area contributed by atoms with Crippen LogP contribution < -0.4 is 5.32 Å². The molecule has 1 saturated carbocycles. The number of rotatable bonds is 4. The van der Waals surface area contributed by atoms with Gasteiger partial charge in [0, 0.05) is 25.6 Å². The highest BCUT2D eigenvalue weighted by Crippen LogP contribution is 2.28. The van der Waals surface area contributed by atoms with Gasteiger partial charge in [-0.3, -0.25) is 9.59 Å². The lowest BCUT2D eigenvalue weighted by Gasteiger charge is -2.31. The second-order valence-corrected chi connectivity index (χ2v) is 6.68. The molecule has 2 heterocycles. The van der Waals surface area contributed by atoms with Crippen LogP contribution >= 0.6 is 11.3 Å². The summed E-state index contributed by atoms with van der Waals surface area (Å²) in [6, 6.07) is 3.76. The van der Waals surface area contributed by atoms with E-state index in [0.717, 1.165) is 30.2 Å². The highest BCUT2D eigenvalue weighted by molar-refractivity contribution is 7.12. The molecule has 1 N–H and O–H groups in total. The van der Waals surface area contributed by atoms with Crippen molar-refractivity contribution in [3.63, 3.8) is 0 Å². The second-order valence-electron chi connectivity index (χ2n) is 5.73. The molecule has 1 aliphatic carbocycles. The van der Waals surface area contributed by atoms with Crippen LogP contribution in [0.2, 0.25) is 0 Å². The van der Waals surface area contributed by atoms with Crippen molar-refractivity contribution in [2.45, 2.75) is 25.7 Å². The Morgan fingerprint density at radius 1 is 1.25 bits per heavy atom. The molecule has 0 aromatic carbocycles. The number of hydrogen-bond donors (Lipinski definition) is 1. The summed E-state index contributed by atoms with van der Waals surface area (Å²) in [5, 5.41) is 4.97. The number of nitrogens with zero attached hydrogens (tertiary/aromatic N) is 1. The average Bonchev–Trinajstić information content (AvgIpc) is 3.16. The zero-order chi connectivity index (χ0) is 13.9. The van der Waals surface area contributed by atoms with E-state index in [1.54, 1.807) is 0 Å². The molecule has 0 spiro atoms. The minimum Gasteiger partial charge on any atom is -0.356 e. The maximum absolute atomic E-state index is 12.2. The van der Waals surface area contributed by atoms with E-state index >= 15 is 0 Å². The van der Waals surface area contributed by atoms with E-state index in [1.807, 2.05) is 22.4 Å². The van der Waals surface area contributed by atoms with E-state index in [-0.39, 0.29) is 17.7 Å². The lowest BCUT2D eigenvalue weighted by atomic mass is 9.95. The summed E-state index contributed by atoms with van der Waals surface area (Å²) >= 11 is 1.48. The maximum Gasteiger partial charge on any atom is 0.263 e. The molecule has 4 nitrogen and oxygen atoms in total. The van der Waals surface area contributed by atoms with Crippen LogP contribution in [-0.2, 0) is 4.79 Å². The first-order valence-corrected chi connectivity index (χ1v) is 8.22. The van der Waals surface area contributed by atoms with Gasteiger partial charge in [-0.25, -0.2) is 0 Å². The molecule has 5 heteroatoms. The number of carbonyl (C=O) groups is 2. The predicted octanol–water partition coefficient (Wildman–Crippen LogP) is 2.13. The van der Waals surface area contributed by atoms with Gasteiger partial charge in [0.1, 0.15) is 0 Å². The second kappa shape index (κ2) is 5.95. The first-order chi connectivity index (χ1) is 9.74. The third kappa shape index (κ3) is 3.20. The Labute approximate surface area is 123 Å². The van der Waals surface area contributed by atoms with Crippen LogP contribution in [0.4, 0.5) is 0 Å². The Hall–Kier alpha value is -1.36. The standard InChI is InChI=1S/C15H20N2O2S/c18-14(16-10-11-3-4-11)12-5-7-17(8-6-12)15(19)13-2-1-9-20-13/h1-2,9,11-12H,3-8,10H2,(H,16,18). The van der Waals surface area contributed by atoms with Gasteiger partial charge in [0.2, 0.25) is 5.91 Å². The Balaban J connectivity index is 1.46. The summed E-state index contributed by atoms with van der Waals surface area (Å²) in [5.74, 6) is 1.09. The summed E-state index contributed by atoms with van der Waals surface area (Å²) in [6.07, 6.45) is 4.09. The van der Waals surface area contributed by atoms with Crippen molar-refractivity contribution in [3.8, 4) is 0 Å². The van der Waals surface area contributed by atoms with Crippen molar-refractivity contribution in [1.29, 1.82) is 0 Å². The topological polar surface area (TPSA) is 49.4 Å². The van der Waals surface area contributed by atoms with Gasteiger partial charge >= 0.3 is 0 Å². The predicted molar refractivity (Wildman–Crippen MR) is 78.7 cm³/mol. The zero-order valence-corrected chi connectivity index (χ0v) is 12.3. The summed E-state index contributed by atoms with van der Waals surface area (Å²) in [4.78, 5) is 26.9. The fourth-order valence-corrected chi connectivity index (χ4v) is 3.30.